The Balaban J connectivity index is 2.94. The fourth-order valence-corrected chi connectivity index (χ4v) is 1.30. The van der Waals surface area contributed by atoms with Crippen molar-refractivity contribution in [3.05, 3.63) is 23.8 Å². The van der Waals surface area contributed by atoms with E-state index in [4.69, 9.17) is 20.3 Å². The number of nitrogens with two attached hydrogens (primary N) is 1. The zero-order chi connectivity index (χ0) is 11.3. The highest BCUT2D eigenvalue weighted by Crippen LogP contribution is 2.28. The molecule has 4 heteroatoms. The van der Waals surface area contributed by atoms with Gasteiger partial charge in [0, 0.05) is 17.7 Å². The second-order valence-electron chi connectivity index (χ2n) is 3.26. The quantitative estimate of drug-likeness (QED) is 0.765. The van der Waals surface area contributed by atoms with Crippen LogP contribution >= 0.6 is 0 Å². The number of hydrogen-bond donors (Lipinski definition) is 2. The predicted octanol–water partition coefficient (Wildman–Crippen LogP) is 1.09. The van der Waals surface area contributed by atoms with Gasteiger partial charge in [0.25, 0.3) is 0 Å². The van der Waals surface area contributed by atoms with Gasteiger partial charge in [-0.2, -0.15) is 0 Å². The van der Waals surface area contributed by atoms with Crippen LogP contribution in [0.4, 0.5) is 0 Å². The molecule has 0 aliphatic carbocycles. The van der Waals surface area contributed by atoms with Crippen LogP contribution < -0.4 is 15.2 Å². The molecule has 0 fully saturated rings. The van der Waals surface area contributed by atoms with Crippen molar-refractivity contribution in [2.24, 2.45) is 5.73 Å². The lowest BCUT2D eigenvalue weighted by Crippen LogP contribution is -2.10. The zero-order valence-corrected chi connectivity index (χ0v) is 9.06. The number of methoxy groups -OCH3 is 1. The van der Waals surface area contributed by atoms with Crippen molar-refractivity contribution in [1.29, 1.82) is 0 Å². The van der Waals surface area contributed by atoms with Gasteiger partial charge < -0.3 is 20.3 Å². The first-order valence-corrected chi connectivity index (χ1v) is 4.86. The molecule has 1 atom stereocenters. The van der Waals surface area contributed by atoms with Crippen LogP contribution in [0.15, 0.2) is 18.2 Å². The Labute approximate surface area is 89.6 Å². The minimum absolute atomic E-state index is 0.0183. The molecule has 0 radical (unpaired) electrons. The molecular formula is C11H17NO3. The molecule has 0 aliphatic heterocycles. The summed E-state index contributed by atoms with van der Waals surface area (Å²) in [4.78, 5) is 0. The van der Waals surface area contributed by atoms with Gasteiger partial charge in [-0.05, 0) is 13.0 Å². The molecule has 1 aromatic carbocycles. The Morgan fingerprint density at radius 3 is 2.73 bits per heavy atom. The van der Waals surface area contributed by atoms with Crippen LogP contribution in [0.5, 0.6) is 11.5 Å². The third kappa shape index (κ3) is 3.11. The molecule has 0 saturated carbocycles. The van der Waals surface area contributed by atoms with E-state index in [1.807, 2.05) is 19.1 Å². The molecule has 1 unspecified atom stereocenters. The number of hydrogen-bond acceptors (Lipinski definition) is 4. The fraction of sp³-hybridized carbons (Fsp3) is 0.455. The van der Waals surface area contributed by atoms with Crippen molar-refractivity contribution in [2.45, 2.75) is 13.0 Å². The van der Waals surface area contributed by atoms with Gasteiger partial charge in [-0.1, -0.05) is 6.07 Å². The molecule has 15 heavy (non-hydrogen) atoms. The van der Waals surface area contributed by atoms with Crippen LogP contribution in [0, 0.1) is 0 Å². The molecule has 84 valence electrons. The summed E-state index contributed by atoms with van der Waals surface area (Å²) in [6, 6.07) is 5.37. The lowest BCUT2D eigenvalue weighted by atomic mass is 10.1. The third-order valence-electron chi connectivity index (χ3n) is 2.06. The highest BCUT2D eigenvalue weighted by atomic mass is 16.5. The van der Waals surface area contributed by atoms with Gasteiger partial charge in [0.15, 0.2) is 0 Å². The first-order valence-electron chi connectivity index (χ1n) is 4.86. The minimum Gasteiger partial charge on any atom is -0.497 e. The van der Waals surface area contributed by atoms with E-state index in [1.54, 1.807) is 13.2 Å². The summed E-state index contributed by atoms with van der Waals surface area (Å²) in [7, 11) is 1.59. The van der Waals surface area contributed by atoms with Gasteiger partial charge in [-0.3, -0.25) is 0 Å². The Morgan fingerprint density at radius 1 is 1.47 bits per heavy atom. The number of aliphatic hydroxyl groups excluding tert-OH is 1. The summed E-state index contributed by atoms with van der Waals surface area (Å²) in [6.07, 6.45) is 0. The van der Waals surface area contributed by atoms with E-state index in [-0.39, 0.29) is 19.3 Å². The molecule has 1 rings (SSSR count). The van der Waals surface area contributed by atoms with Crippen molar-refractivity contribution in [3.8, 4) is 11.5 Å². The van der Waals surface area contributed by atoms with Gasteiger partial charge in [-0.25, -0.2) is 0 Å². The average Bonchev–Trinajstić information content (AvgIpc) is 2.25. The standard InChI is InChI=1S/C11H17NO3/c1-8(12)10-4-3-9(14-2)7-11(10)15-6-5-13/h3-4,7-8,13H,5-6,12H2,1-2H3. The first-order chi connectivity index (χ1) is 7.19. The van der Waals surface area contributed by atoms with Crippen molar-refractivity contribution in [3.63, 3.8) is 0 Å². The summed E-state index contributed by atoms with van der Waals surface area (Å²) in [6.45, 7) is 2.12. The molecular weight excluding hydrogens is 194 g/mol. The van der Waals surface area contributed by atoms with Gasteiger partial charge in [0.1, 0.15) is 18.1 Å². The maximum absolute atomic E-state index is 8.70. The number of benzene rings is 1. The molecule has 0 amide bonds. The van der Waals surface area contributed by atoms with Gasteiger partial charge in [0.2, 0.25) is 0 Å². The van der Waals surface area contributed by atoms with Crippen molar-refractivity contribution >= 4 is 0 Å². The Kier molecular flexibility index (Phi) is 4.39. The maximum Gasteiger partial charge on any atom is 0.127 e. The first kappa shape index (κ1) is 11.8. The summed E-state index contributed by atoms with van der Waals surface area (Å²) in [5, 5.41) is 8.70. The van der Waals surface area contributed by atoms with Crippen molar-refractivity contribution in [2.75, 3.05) is 20.3 Å². The van der Waals surface area contributed by atoms with Crippen LogP contribution in [0.3, 0.4) is 0 Å². The van der Waals surface area contributed by atoms with Crippen LogP contribution in [0.2, 0.25) is 0 Å². The summed E-state index contributed by atoms with van der Waals surface area (Å²) < 4.78 is 10.5. The third-order valence-corrected chi connectivity index (χ3v) is 2.06. The van der Waals surface area contributed by atoms with Gasteiger partial charge in [-0.15, -0.1) is 0 Å². The fourth-order valence-electron chi connectivity index (χ4n) is 1.30. The molecule has 1 aromatic rings. The largest absolute Gasteiger partial charge is 0.497 e. The number of rotatable bonds is 5. The lowest BCUT2D eigenvalue weighted by Gasteiger charge is -2.14. The zero-order valence-electron chi connectivity index (χ0n) is 9.06. The van der Waals surface area contributed by atoms with E-state index >= 15 is 0 Å². The lowest BCUT2D eigenvalue weighted by molar-refractivity contribution is 0.199. The summed E-state index contributed by atoms with van der Waals surface area (Å²) in [5.41, 5.74) is 6.70. The highest BCUT2D eigenvalue weighted by molar-refractivity contribution is 5.42. The average molecular weight is 211 g/mol. The van der Waals surface area contributed by atoms with Crippen LogP contribution in [-0.4, -0.2) is 25.4 Å². The SMILES string of the molecule is COc1ccc(C(C)N)c(OCCO)c1. The Morgan fingerprint density at radius 2 is 2.20 bits per heavy atom. The second-order valence-corrected chi connectivity index (χ2v) is 3.26. The normalized spacial score (nSPS) is 12.3. The number of ether oxygens (including phenoxy) is 2. The Bertz CT molecular complexity index is 313. The number of aliphatic hydroxyl groups is 1. The minimum atomic E-state index is -0.107. The topological polar surface area (TPSA) is 64.7 Å². The Hall–Kier alpha value is -1.26. The van der Waals surface area contributed by atoms with Gasteiger partial charge in [0.05, 0.1) is 13.7 Å². The van der Waals surface area contributed by atoms with Crippen LogP contribution in [0.25, 0.3) is 0 Å². The molecule has 0 spiro atoms. The van der Waals surface area contributed by atoms with E-state index in [1.165, 1.54) is 0 Å². The molecule has 3 N–H and O–H groups in total. The monoisotopic (exact) mass is 211 g/mol. The van der Waals surface area contributed by atoms with Crippen LogP contribution in [-0.2, 0) is 0 Å². The summed E-state index contributed by atoms with van der Waals surface area (Å²) >= 11 is 0. The van der Waals surface area contributed by atoms with Crippen LogP contribution in [0.1, 0.15) is 18.5 Å². The van der Waals surface area contributed by atoms with E-state index in [0.29, 0.717) is 11.5 Å². The van der Waals surface area contributed by atoms with Crippen molar-refractivity contribution < 1.29 is 14.6 Å². The molecule has 0 heterocycles. The van der Waals surface area contributed by atoms with E-state index in [9.17, 15) is 0 Å². The van der Waals surface area contributed by atoms with Crippen molar-refractivity contribution in [1.82, 2.24) is 0 Å². The molecule has 0 saturated heterocycles. The second kappa shape index (κ2) is 5.58. The molecule has 4 nitrogen and oxygen atoms in total. The molecule has 0 aromatic heterocycles. The molecule has 0 bridgehead atoms. The highest BCUT2D eigenvalue weighted by Gasteiger charge is 2.09. The van der Waals surface area contributed by atoms with Gasteiger partial charge >= 0.3 is 0 Å². The smallest absolute Gasteiger partial charge is 0.127 e. The maximum atomic E-state index is 8.70. The molecule has 0 aliphatic rings. The summed E-state index contributed by atoms with van der Waals surface area (Å²) in [5.74, 6) is 1.38. The van der Waals surface area contributed by atoms with E-state index < -0.39 is 0 Å². The predicted molar refractivity (Wildman–Crippen MR) is 58.2 cm³/mol. The van der Waals surface area contributed by atoms with E-state index in [2.05, 4.69) is 0 Å². The van der Waals surface area contributed by atoms with E-state index in [0.717, 1.165) is 5.56 Å².